The lowest BCUT2D eigenvalue weighted by Gasteiger charge is -2.28. The summed E-state index contributed by atoms with van der Waals surface area (Å²) in [5, 5.41) is 9.00. The Morgan fingerprint density at radius 1 is 1.31 bits per heavy atom. The van der Waals surface area contributed by atoms with Gasteiger partial charge in [0.1, 0.15) is 17.4 Å². The topological polar surface area (TPSA) is 46.5 Å². The number of rotatable bonds is 3. The van der Waals surface area contributed by atoms with Crippen LogP contribution >= 0.6 is 0 Å². The third-order valence-electron chi connectivity index (χ3n) is 2.64. The van der Waals surface area contributed by atoms with Crippen LogP contribution in [0.15, 0.2) is 24.3 Å². The van der Waals surface area contributed by atoms with Crippen molar-refractivity contribution in [3.05, 3.63) is 29.8 Å². The van der Waals surface area contributed by atoms with Crippen LogP contribution in [0.1, 0.15) is 38.1 Å². The highest BCUT2D eigenvalue weighted by atomic mass is 16.5. The van der Waals surface area contributed by atoms with Gasteiger partial charge in [0.15, 0.2) is 0 Å². The Labute approximate surface area is 96.1 Å². The second-order valence-corrected chi connectivity index (χ2v) is 4.93. The first-order valence-electron chi connectivity index (χ1n) is 5.31. The molecule has 0 fully saturated rings. The van der Waals surface area contributed by atoms with Crippen molar-refractivity contribution in [1.29, 1.82) is 0 Å². The Morgan fingerprint density at radius 3 is 2.38 bits per heavy atom. The van der Waals surface area contributed by atoms with Crippen molar-refractivity contribution in [3.63, 3.8) is 0 Å². The molecule has 0 amide bonds. The number of hydrogen-bond donors (Lipinski definition) is 1. The summed E-state index contributed by atoms with van der Waals surface area (Å²) in [6.45, 7) is 8.11. The van der Waals surface area contributed by atoms with Gasteiger partial charge in [0.05, 0.1) is 0 Å². The monoisotopic (exact) mass is 222 g/mol. The Hall–Kier alpha value is -1.51. The van der Waals surface area contributed by atoms with E-state index in [1.807, 2.05) is 6.92 Å². The van der Waals surface area contributed by atoms with E-state index >= 15 is 0 Å². The summed E-state index contributed by atoms with van der Waals surface area (Å²) < 4.78 is 5.69. The Kier molecular flexibility index (Phi) is 3.58. The number of benzene rings is 1. The minimum Gasteiger partial charge on any atom is -0.489 e. The van der Waals surface area contributed by atoms with Gasteiger partial charge >= 0.3 is 5.97 Å². The predicted octanol–water partition coefficient (Wildman–Crippen LogP) is 3.20. The average Bonchev–Trinajstić information content (AvgIpc) is 2.16. The molecule has 0 aliphatic heterocycles. The molecule has 0 radical (unpaired) electrons. The summed E-state index contributed by atoms with van der Waals surface area (Å²) in [4.78, 5) is 11.0. The largest absolute Gasteiger partial charge is 0.489 e. The van der Waals surface area contributed by atoms with E-state index in [2.05, 4.69) is 20.8 Å². The van der Waals surface area contributed by atoms with Crippen LogP contribution in [-0.2, 0) is 0 Å². The molecule has 1 aromatic carbocycles. The molecule has 0 spiro atoms. The summed E-state index contributed by atoms with van der Waals surface area (Å²) in [6, 6.07) is 6.70. The number of aromatic carboxylic acids is 1. The van der Waals surface area contributed by atoms with Crippen LogP contribution in [0.25, 0.3) is 0 Å². The molecule has 1 N–H and O–H groups in total. The molecule has 1 atom stereocenters. The number of ether oxygens (including phenoxy) is 1. The Balaban J connectivity index is 2.93. The zero-order chi connectivity index (χ0) is 12.3. The third-order valence-corrected chi connectivity index (χ3v) is 2.64. The predicted molar refractivity (Wildman–Crippen MR) is 62.9 cm³/mol. The van der Waals surface area contributed by atoms with Crippen LogP contribution in [0.3, 0.4) is 0 Å². The highest BCUT2D eigenvalue weighted by Crippen LogP contribution is 2.26. The van der Waals surface area contributed by atoms with Crippen LogP contribution in [0.5, 0.6) is 5.75 Å². The molecule has 1 unspecified atom stereocenters. The summed E-state index contributed by atoms with van der Waals surface area (Å²) in [7, 11) is 0. The van der Waals surface area contributed by atoms with Gasteiger partial charge in [0.2, 0.25) is 0 Å². The highest BCUT2D eigenvalue weighted by molar-refractivity contribution is 5.90. The maximum Gasteiger partial charge on any atom is 0.339 e. The van der Waals surface area contributed by atoms with Gasteiger partial charge in [-0.15, -0.1) is 0 Å². The van der Waals surface area contributed by atoms with E-state index in [1.54, 1.807) is 24.3 Å². The number of carboxylic acids is 1. The molecule has 3 heteroatoms. The molecule has 88 valence electrons. The molecule has 0 saturated carbocycles. The zero-order valence-corrected chi connectivity index (χ0v) is 10.2. The van der Waals surface area contributed by atoms with Crippen molar-refractivity contribution in [1.82, 2.24) is 0 Å². The fraction of sp³-hybridized carbons (Fsp3) is 0.462. The first-order valence-corrected chi connectivity index (χ1v) is 5.31. The quantitative estimate of drug-likeness (QED) is 0.854. The van der Waals surface area contributed by atoms with Gasteiger partial charge in [-0.05, 0) is 24.5 Å². The molecular weight excluding hydrogens is 204 g/mol. The van der Waals surface area contributed by atoms with Crippen LogP contribution in [0.2, 0.25) is 0 Å². The molecule has 0 aliphatic rings. The molecule has 1 aromatic rings. The first-order chi connectivity index (χ1) is 7.32. The molecule has 0 aliphatic carbocycles. The number of carboxylic acid groups (broad SMARTS) is 1. The minimum absolute atomic E-state index is 0.0222. The smallest absolute Gasteiger partial charge is 0.339 e. The zero-order valence-electron chi connectivity index (χ0n) is 10.2. The molecule has 3 nitrogen and oxygen atoms in total. The fourth-order valence-electron chi connectivity index (χ4n) is 1.11. The van der Waals surface area contributed by atoms with Crippen LogP contribution in [0.4, 0.5) is 0 Å². The number of carbonyl (C=O) groups is 1. The molecule has 16 heavy (non-hydrogen) atoms. The molecule has 0 bridgehead atoms. The molecule has 0 heterocycles. The van der Waals surface area contributed by atoms with E-state index < -0.39 is 5.97 Å². The SMILES string of the molecule is CC(Oc1ccccc1C(=O)O)C(C)(C)C. The van der Waals surface area contributed by atoms with Crippen molar-refractivity contribution in [2.75, 3.05) is 0 Å². The van der Waals surface area contributed by atoms with Crippen molar-refractivity contribution in [3.8, 4) is 5.75 Å². The number of hydrogen-bond acceptors (Lipinski definition) is 2. The average molecular weight is 222 g/mol. The van der Waals surface area contributed by atoms with Gasteiger partial charge in [-0.25, -0.2) is 4.79 Å². The van der Waals surface area contributed by atoms with E-state index in [1.165, 1.54) is 0 Å². The molecule has 1 rings (SSSR count). The Morgan fingerprint density at radius 2 is 1.88 bits per heavy atom. The first kappa shape index (κ1) is 12.6. The maximum absolute atomic E-state index is 11.0. The third kappa shape index (κ3) is 2.99. The maximum atomic E-state index is 11.0. The van der Waals surface area contributed by atoms with E-state index in [4.69, 9.17) is 9.84 Å². The van der Waals surface area contributed by atoms with Gasteiger partial charge in [-0.1, -0.05) is 32.9 Å². The van der Waals surface area contributed by atoms with Gasteiger partial charge in [0.25, 0.3) is 0 Å². The van der Waals surface area contributed by atoms with E-state index in [0.29, 0.717) is 5.75 Å². The van der Waals surface area contributed by atoms with Crippen molar-refractivity contribution < 1.29 is 14.6 Å². The van der Waals surface area contributed by atoms with Crippen LogP contribution < -0.4 is 4.74 Å². The standard InChI is InChI=1S/C13H18O3/c1-9(13(2,3)4)16-11-8-6-5-7-10(11)12(14)15/h5-9H,1-4H3,(H,14,15). The molecule has 0 aromatic heterocycles. The van der Waals surface area contributed by atoms with Gasteiger partial charge in [0, 0.05) is 0 Å². The second-order valence-electron chi connectivity index (χ2n) is 4.93. The van der Waals surface area contributed by atoms with Crippen molar-refractivity contribution >= 4 is 5.97 Å². The lowest BCUT2D eigenvalue weighted by atomic mass is 9.90. The fourth-order valence-corrected chi connectivity index (χ4v) is 1.11. The second kappa shape index (κ2) is 4.56. The lowest BCUT2D eigenvalue weighted by Crippen LogP contribution is -2.29. The molecular formula is C13H18O3. The van der Waals surface area contributed by atoms with E-state index in [0.717, 1.165) is 0 Å². The van der Waals surface area contributed by atoms with Crippen LogP contribution in [0, 0.1) is 5.41 Å². The summed E-state index contributed by atoms with van der Waals surface area (Å²) in [5.74, 6) is -0.533. The van der Waals surface area contributed by atoms with Gasteiger partial charge in [-0.3, -0.25) is 0 Å². The van der Waals surface area contributed by atoms with Crippen molar-refractivity contribution in [2.45, 2.75) is 33.8 Å². The summed E-state index contributed by atoms with van der Waals surface area (Å²) >= 11 is 0. The highest BCUT2D eigenvalue weighted by Gasteiger charge is 2.23. The molecule has 0 saturated heterocycles. The van der Waals surface area contributed by atoms with Gasteiger partial charge < -0.3 is 9.84 Å². The minimum atomic E-state index is -0.961. The van der Waals surface area contributed by atoms with Gasteiger partial charge in [-0.2, -0.15) is 0 Å². The Bertz CT molecular complexity index is 377. The van der Waals surface area contributed by atoms with Crippen LogP contribution in [-0.4, -0.2) is 17.2 Å². The van der Waals surface area contributed by atoms with Crippen molar-refractivity contribution in [2.24, 2.45) is 5.41 Å². The normalized spacial score (nSPS) is 13.2. The van der Waals surface area contributed by atoms with E-state index in [-0.39, 0.29) is 17.1 Å². The lowest BCUT2D eigenvalue weighted by molar-refractivity contribution is 0.0673. The number of para-hydroxylation sites is 1. The van der Waals surface area contributed by atoms with E-state index in [9.17, 15) is 4.79 Å². The summed E-state index contributed by atoms with van der Waals surface area (Å²) in [6.07, 6.45) is -0.0481. The summed E-state index contributed by atoms with van der Waals surface area (Å²) in [5.41, 5.74) is 0.185.